The molecule has 4 aromatic rings. The van der Waals surface area contributed by atoms with E-state index in [-0.39, 0.29) is 21.3 Å². The number of benzene rings is 3. The maximum Gasteiger partial charge on any atom is 0.305 e. The van der Waals surface area contributed by atoms with Gasteiger partial charge in [0.05, 0.1) is 26.7 Å². The van der Waals surface area contributed by atoms with Gasteiger partial charge in [-0.05, 0) is 60.7 Å². The van der Waals surface area contributed by atoms with Crippen molar-refractivity contribution in [2.45, 2.75) is 16.2 Å². The average Bonchev–Trinajstić information content (AvgIpc) is 3.44. The lowest BCUT2D eigenvalue weighted by atomic mass is 9.82. The molecular formula is C28H17Cl3FN3O5S2. The molecule has 1 aromatic heterocycles. The van der Waals surface area contributed by atoms with E-state index in [9.17, 15) is 23.6 Å². The van der Waals surface area contributed by atoms with E-state index in [2.05, 4.69) is 10.3 Å². The van der Waals surface area contributed by atoms with Gasteiger partial charge in [-0.3, -0.25) is 19.2 Å². The zero-order chi connectivity index (χ0) is 29.7. The van der Waals surface area contributed by atoms with Gasteiger partial charge >= 0.3 is 4.87 Å². The minimum Gasteiger partial charge on any atom is -0.483 e. The Kier molecular flexibility index (Phi) is 7.79. The Hall–Kier alpha value is -3.35. The molecule has 2 N–H and O–H groups in total. The molecule has 3 amide bonds. The van der Waals surface area contributed by atoms with Gasteiger partial charge < -0.3 is 15.0 Å². The van der Waals surface area contributed by atoms with E-state index in [1.807, 2.05) is 0 Å². The summed E-state index contributed by atoms with van der Waals surface area (Å²) in [5.41, 5.74) is 1.08. The summed E-state index contributed by atoms with van der Waals surface area (Å²) in [5, 5.41) is 3.19. The highest BCUT2D eigenvalue weighted by Gasteiger charge is 2.56. The first kappa shape index (κ1) is 28.8. The Morgan fingerprint density at radius 2 is 1.74 bits per heavy atom. The number of ether oxygens (including phenoxy) is 1. The monoisotopic (exact) mass is 663 g/mol. The molecule has 0 saturated carbocycles. The highest BCUT2D eigenvalue weighted by Crippen LogP contribution is 2.54. The highest BCUT2D eigenvalue weighted by atomic mass is 35.5. The second-order valence-electron chi connectivity index (χ2n) is 9.39. The standard InChI is InChI=1S/C28H17Cl3FN3O5S2/c29-12-1-8-19(40-11-20(36)33-14-4-7-17(30)18(31)10-14)16(9-12)21-22-24(41-25-23(21)42-28(39)34-25)27(38)35(26(22)37)15-5-2-13(32)3-6-15/h1-10,21-22,24H,11H2,(H,33,36)(H,34,39). The van der Waals surface area contributed by atoms with Gasteiger partial charge in [0.2, 0.25) is 11.8 Å². The molecule has 2 aliphatic heterocycles. The predicted molar refractivity (Wildman–Crippen MR) is 161 cm³/mol. The Morgan fingerprint density at radius 3 is 2.48 bits per heavy atom. The molecule has 0 radical (unpaired) electrons. The lowest BCUT2D eigenvalue weighted by Gasteiger charge is -2.31. The van der Waals surface area contributed by atoms with E-state index in [0.29, 0.717) is 31.2 Å². The van der Waals surface area contributed by atoms with Crippen molar-refractivity contribution in [2.24, 2.45) is 5.92 Å². The summed E-state index contributed by atoms with van der Waals surface area (Å²) in [7, 11) is 0. The van der Waals surface area contributed by atoms with E-state index in [0.717, 1.165) is 28.0 Å². The molecule has 3 aromatic carbocycles. The van der Waals surface area contributed by atoms with Crippen molar-refractivity contribution in [3.05, 3.63) is 102 Å². The number of halogens is 4. The number of nitrogens with one attached hydrogen (secondary N) is 2. The van der Waals surface area contributed by atoms with E-state index >= 15 is 0 Å². The fourth-order valence-electron chi connectivity index (χ4n) is 5.00. The predicted octanol–water partition coefficient (Wildman–Crippen LogP) is 6.35. The van der Waals surface area contributed by atoms with Crippen LogP contribution < -0.4 is 19.8 Å². The molecule has 0 spiro atoms. The average molecular weight is 665 g/mol. The number of aromatic nitrogens is 1. The van der Waals surface area contributed by atoms with Crippen LogP contribution in [0.2, 0.25) is 15.1 Å². The number of H-pyrrole nitrogens is 1. The molecule has 1 saturated heterocycles. The number of anilines is 2. The number of carbonyl (C=O) groups excluding carboxylic acids is 3. The topological polar surface area (TPSA) is 109 Å². The summed E-state index contributed by atoms with van der Waals surface area (Å²) in [5.74, 6) is -3.49. The largest absolute Gasteiger partial charge is 0.483 e. The van der Waals surface area contributed by atoms with Crippen LogP contribution in [0.15, 0.2) is 70.5 Å². The first-order valence-corrected chi connectivity index (χ1v) is 15.1. The zero-order valence-corrected chi connectivity index (χ0v) is 24.9. The van der Waals surface area contributed by atoms with Crippen LogP contribution in [-0.2, 0) is 14.4 Å². The number of hydrogen-bond donors (Lipinski definition) is 2. The molecule has 3 heterocycles. The van der Waals surface area contributed by atoms with Crippen LogP contribution in [0.1, 0.15) is 16.4 Å². The Balaban J connectivity index is 1.35. The second-order valence-corrected chi connectivity index (χ2v) is 12.8. The molecule has 8 nitrogen and oxygen atoms in total. The summed E-state index contributed by atoms with van der Waals surface area (Å²) in [6.45, 7) is -0.407. The molecule has 2 aliphatic rings. The first-order chi connectivity index (χ1) is 20.1. The van der Waals surface area contributed by atoms with Crippen molar-refractivity contribution >= 4 is 87.0 Å². The quantitative estimate of drug-likeness (QED) is 0.233. The van der Waals surface area contributed by atoms with Crippen LogP contribution in [-0.4, -0.2) is 34.6 Å². The number of thiazole rings is 1. The SMILES string of the molecule is O=C(COc1ccc(Cl)cc1C1c2sc(=O)[nH]c2SC2C(=O)N(c3ccc(F)cc3)C(=O)C21)Nc1ccc(Cl)c(Cl)c1. The van der Waals surface area contributed by atoms with Crippen LogP contribution >= 0.6 is 57.9 Å². The van der Waals surface area contributed by atoms with Gasteiger partial charge in [-0.2, -0.15) is 0 Å². The second kappa shape index (κ2) is 11.4. The minimum atomic E-state index is -0.933. The number of nitrogens with zero attached hydrogens (tertiary/aromatic N) is 1. The molecule has 6 rings (SSSR count). The first-order valence-electron chi connectivity index (χ1n) is 12.3. The van der Waals surface area contributed by atoms with Crippen LogP contribution in [0.5, 0.6) is 5.75 Å². The smallest absolute Gasteiger partial charge is 0.305 e. The van der Waals surface area contributed by atoms with Gasteiger partial charge in [-0.15, -0.1) is 0 Å². The normalized spacial score (nSPS) is 19.4. The van der Waals surface area contributed by atoms with Crippen LogP contribution in [0.25, 0.3) is 0 Å². The summed E-state index contributed by atoms with van der Waals surface area (Å²) in [4.78, 5) is 56.6. The molecule has 42 heavy (non-hydrogen) atoms. The highest BCUT2D eigenvalue weighted by molar-refractivity contribution is 8.00. The summed E-state index contributed by atoms with van der Waals surface area (Å²) >= 11 is 20.4. The maximum atomic E-state index is 13.9. The molecule has 0 bridgehead atoms. The number of fused-ring (bicyclic) bond motifs is 2. The molecular weight excluding hydrogens is 648 g/mol. The summed E-state index contributed by atoms with van der Waals surface area (Å²) in [6.07, 6.45) is 0. The van der Waals surface area contributed by atoms with Crippen molar-refractivity contribution in [3.8, 4) is 5.75 Å². The number of aromatic amines is 1. The van der Waals surface area contributed by atoms with Gasteiger partial charge in [0.25, 0.3) is 5.91 Å². The van der Waals surface area contributed by atoms with Gasteiger partial charge in [0.1, 0.15) is 16.8 Å². The van der Waals surface area contributed by atoms with Gasteiger partial charge in [-0.25, -0.2) is 9.29 Å². The molecule has 0 aliphatic carbocycles. The lowest BCUT2D eigenvalue weighted by Crippen LogP contribution is -2.32. The fraction of sp³-hybridized carbons (Fsp3) is 0.143. The summed E-state index contributed by atoms with van der Waals surface area (Å²) < 4.78 is 19.5. The lowest BCUT2D eigenvalue weighted by molar-refractivity contribution is -0.122. The third kappa shape index (κ3) is 5.31. The Labute approximate surface area is 260 Å². The summed E-state index contributed by atoms with van der Waals surface area (Å²) in [6, 6.07) is 14.4. The molecule has 214 valence electrons. The zero-order valence-electron chi connectivity index (χ0n) is 21.0. The number of imide groups is 1. The van der Waals surface area contributed by atoms with Crippen molar-refractivity contribution < 1.29 is 23.5 Å². The van der Waals surface area contributed by atoms with Crippen molar-refractivity contribution in [1.82, 2.24) is 4.98 Å². The third-order valence-corrected chi connectivity index (χ3v) is 10.2. The number of hydrogen-bond acceptors (Lipinski definition) is 7. The van der Waals surface area contributed by atoms with Crippen LogP contribution in [0, 0.1) is 11.7 Å². The number of thioether (sulfide) groups is 1. The fourth-order valence-corrected chi connectivity index (χ4v) is 7.99. The van der Waals surface area contributed by atoms with Gasteiger partial charge in [0.15, 0.2) is 6.61 Å². The Morgan fingerprint density at radius 1 is 0.976 bits per heavy atom. The van der Waals surface area contributed by atoms with Crippen molar-refractivity contribution in [3.63, 3.8) is 0 Å². The van der Waals surface area contributed by atoms with E-state index in [4.69, 9.17) is 39.5 Å². The van der Waals surface area contributed by atoms with Crippen molar-refractivity contribution in [1.29, 1.82) is 0 Å². The van der Waals surface area contributed by atoms with Crippen LogP contribution in [0.3, 0.4) is 0 Å². The van der Waals surface area contributed by atoms with Gasteiger partial charge in [-0.1, -0.05) is 57.9 Å². The number of rotatable bonds is 6. The third-order valence-electron chi connectivity index (χ3n) is 6.78. The molecule has 14 heteroatoms. The van der Waals surface area contributed by atoms with Crippen molar-refractivity contribution in [2.75, 3.05) is 16.8 Å². The minimum absolute atomic E-state index is 0.235. The maximum absolute atomic E-state index is 13.9. The van der Waals surface area contributed by atoms with Crippen LogP contribution in [0.4, 0.5) is 15.8 Å². The molecule has 3 atom stereocenters. The van der Waals surface area contributed by atoms with E-state index in [1.165, 1.54) is 30.3 Å². The number of amides is 3. The Bertz CT molecular complexity index is 1810. The van der Waals surface area contributed by atoms with E-state index in [1.54, 1.807) is 30.3 Å². The number of carbonyl (C=O) groups is 3. The molecule has 3 unspecified atom stereocenters. The molecule has 1 fully saturated rings. The van der Waals surface area contributed by atoms with Gasteiger partial charge in [0, 0.05) is 27.1 Å². The van der Waals surface area contributed by atoms with E-state index < -0.39 is 47.2 Å².